The molecule has 0 fully saturated rings. The average molecular weight is 236 g/mol. The molecule has 0 aromatic heterocycles. The SMILES string of the molecule is C=C(C)C(=Nc1ccccc1)Nc1ccccc1. The Morgan fingerprint density at radius 1 is 0.944 bits per heavy atom. The summed E-state index contributed by atoms with van der Waals surface area (Å²) in [7, 11) is 0. The fraction of sp³-hybridized carbons (Fsp3) is 0.0625. The van der Waals surface area contributed by atoms with Crippen molar-refractivity contribution in [2.75, 3.05) is 5.32 Å². The van der Waals surface area contributed by atoms with Gasteiger partial charge in [-0.25, -0.2) is 4.99 Å². The molecule has 2 nitrogen and oxygen atoms in total. The number of benzene rings is 2. The van der Waals surface area contributed by atoms with Gasteiger partial charge < -0.3 is 5.32 Å². The van der Waals surface area contributed by atoms with Crippen LogP contribution in [-0.4, -0.2) is 5.84 Å². The summed E-state index contributed by atoms with van der Waals surface area (Å²) in [6, 6.07) is 19.8. The summed E-state index contributed by atoms with van der Waals surface area (Å²) >= 11 is 0. The lowest BCUT2D eigenvalue weighted by Gasteiger charge is -2.09. The van der Waals surface area contributed by atoms with E-state index in [1.165, 1.54) is 0 Å². The normalized spacial score (nSPS) is 11.1. The number of amidine groups is 1. The molecular weight excluding hydrogens is 220 g/mol. The van der Waals surface area contributed by atoms with Crippen LogP contribution in [0, 0.1) is 0 Å². The minimum Gasteiger partial charge on any atom is -0.340 e. The highest BCUT2D eigenvalue weighted by atomic mass is 15.0. The molecule has 0 aliphatic rings. The zero-order valence-corrected chi connectivity index (χ0v) is 10.4. The van der Waals surface area contributed by atoms with Gasteiger partial charge >= 0.3 is 0 Å². The molecule has 0 unspecified atom stereocenters. The number of rotatable bonds is 3. The van der Waals surface area contributed by atoms with Gasteiger partial charge in [0.15, 0.2) is 0 Å². The standard InChI is InChI=1S/C16H16N2/c1-13(2)16(17-14-9-5-3-6-10-14)18-15-11-7-4-8-12-15/h3-12H,1H2,2H3,(H,17,18). The highest BCUT2D eigenvalue weighted by Crippen LogP contribution is 2.14. The zero-order chi connectivity index (χ0) is 12.8. The van der Waals surface area contributed by atoms with E-state index < -0.39 is 0 Å². The topological polar surface area (TPSA) is 24.4 Å². The number of hydrogen-bond acceptors (Lipinski definition) is 1. The van der Waals surface area contributed by atoms with Crippen molar-refractivity contribution < 1.29 is 0 Å². The molecule has 2 aromatic carbocycles. The molecule has 0 saturated heterocycles. The molecule has 2 rings (SSSR count). The Kier molecular flexibility index (Phi) is 3.92. The number of para-hydroxylation sites is 2. The first-order chi connectivity index (χ1) is 8.75. The van der Waals surface area contributed by atoms with Crippen LogP contribution in [0.5, 0.6) is 0 Å². The molecule has 18 heavy (non-hydrogen) atoms. The summed E-state index contributed by atoms with van der Waals surface area (Å²) in [5, 5.41) is 3.28. The fourth-order valence-corrected chi connectivity index (χ4v) is 1.52. The summed E-state index contributed by atoms with van der Waals surface area (Å²) in [6.07, 6.45) is 0. The van der Waals surface area contributed by atoms with Gasteiger partial charge in [-0.05, 0) is 36.8 Å². The summed E-state index contributed by atoms with van der Waals surface area (Å²) in [4.78, 5) is 4.56. The summed E-state index contributed by atoms with van der Waals surface area (Å²) in [5.41, 5.74) is 2.83. The Morgan fingerprint density at radius 3 is 2.06 bits per heavy atom. The van der Waals surface area contributed by atoms with E-state index in [-0.39, 0.29) is 0 Å². The quantitative estimate of drug-likeness (QED) is 0.619. The fourth-order valence-electron chi connectivity index (χ4n) is 1.52. The molecule has 2 heteroatoms. The predicted molar refractivity (Wildman–Crippen MR) is 78.4 cm³/mol. The molecule has 0 heterocycles. The van der Waals surface area contributed by atoms with E-state index in [4.69, 9.17) is 0 Å². The second-order valence-electron chi connectivity index (χ2n) is 4.07. The minimum atomic E-state index is 0.785. The highest BCUT2D eigenvalue weighted by molar-refractivity contribution is 6.08. The van der Waals surface area contributed by atoms with Gasteiger partial charge in [-0.1, -0.05) is 43.0 Å². The van der Waals surface area contributed by atoms with Gasteiger partial charge in [-0.3, -0.25) is 0 Å². The van der Waals surface area contributed by atoms with Gasteiger partial charge in [0.2, 0.25) is 0 Å². The summed E-state index contributed by atoms with van der Waals surface area (Å²) in [6.45, 7) is 5.90. The van der Waals surface area contributed by atoms with E-state index in [2.05, 4.69) is 16.9 Å². The van der Waals surface area contributed by atoms with Gasteiger partial charge in [0.05, 0.1) is 5.69 Å². The molecule has 0 radical (unpaired) electrons. The van der Waals surface area contributed by atoms with Crippen molar-refractivity contribution in [3.63, 3.8) is 0 Å². The second-order valence-corrected chi connectivity index (χ2v) is 4.07. The largest absolute Gasteiger partial charge is 0.340 e. The molecule has 0 aliphatic heterocycles. The first-order valence-corrected chi connectivity index (χ1v) is 5.87. The first-order valence-electron chi connectivity index (χ1n) is 5.87. The van der Waals surface area contributed by atoms with Crippen LogP contribution >= 0.6 is 0 Å². The van der Waals surface area contributed by atoms with Crippen LogP contribution in [0.4, 0.5) is 11.4 Å². The third-order valence-corrected chi connectivity index (χ3v) is 2.44. The maximum absolute atomic E-state index is 4.56. The summed E-state index contributed by atoms with van der Waals surface area (Å²) in [5.74, 6) is 0.785. The Morgan fingerprint density at radius 2 is 1.50 bits per heavy atom. The number of hydrogen-bond donors (Lipinski definition) is 1. The third kappa shape index (κ3) is 3.32. The Balaban J connectivity index is 2.25. The van der Waals surface area contributed by atoms with Crippen LogP contribution in [0.3, 0.4) is 0 Å². The molecule has 2 aromatic rings. The van der Waals surface area contributed by atoms with Crippen molar-refractivity contribution in [3.8, 4) is 0 Å². The Bertz CT molecular complexity index is 542. The van der Waals surface area contributed by atoms with Crippen molar-refractivity contribution in [3.05, 3.63) is 72.8 Å². The number of anilines is 1. The average Bonchev–Trinajstić information content (AvgIpc) is 2.40. The second kappa shape index (κ2) is 5.82. The van der Waals surface area contributed by atoms with Gasteiger partial charge in [-0.15, -0.1) is 0 Å². The lowest BCUT2D eigenvalue weighted by molar-refractivity contribution is 1.45. The van der Waals surface area contributed by atoms with Crippen molar-refractivity contribution >= 4 is 17.2 Å². The van der Waals surface area contributed by atoms with E-state index in [1.807, 2.05) is 67.6 Å². The number of nitrogens with zero attached hydrogens (tertiary/aromatic N) is 1. The monoisotopic (exact) mass is 236 g/mol. The van der Waals surface area contributed by atoms with Crippen LogP contribution in [0.1, 0.15) is 6.92 Å². The Labute approximate surface area is 108 Å². The van der Waals surface area contributed by atoms with Gasteiger partial charge in [-0.2, -0.15) is 0 Å². The van der Waals surface area contributed by atoms with Crippen molar-refractivity contribution in [2.24, 2.45) is 4.99 Å². The van der Waals surface area contributed by atoms with Gasteiger partial charge in [0.1, 0.15) is 5.84 Å². The molecular formula is C16H16N2. The van der Waals surface area contributed by atoms with Crippen LogP contribution in [0.2, 0.25) is 0 Å². The maximum Gasteiger partial charge on any atom is 0.133 e. The summed E-state index contributed by atoms with van der Waals surface area (Å²) < 4.78 is 0. The maximum atomic E-state index is 4.56. The predicted octanol–water partition coefficient (Wildman–Crippen LogP) is 4.40. The molecule has 0 amide bonds. The number of aliphatic imine (C=N–C) groups is 1. The molecule has 0 atom stereocenters. The van der Waals surface area contributed by atoms with E-state index in [0.717, 1.165) is 22.8 Å². The highest BCUT2D eigenvalue weighted by Gasteiger charge is 2.01. The van der Waals surface area contributed by atoms with E-state index in [1.54, 1.807) is 0 Å². The van der Waals surface area contributed by atoms with E-state index >= 15 is 0 Å². The van der Waals surface area contributed by atoms with E-state index in [9.17, 15) is 0 Å². The first kappa shape index (κ1) is 12.1. The smallest absolute Gasteiger partial charge is 0.133 e. The van der Waals surface area contributed by atoms with E-state index in [0.29, 0.717) is 0 Å². The third-order valence-electron chi connectivity index (χ3n) is 2.44. The van der Waals surface area contributed by atoms with Gasteiger partial charge in [0, 0.05) is 5.69 Å². The van der Waals surface area contributed by atoms with Crippen molar-refractivity contribution in [2.45, 2.75) is 6.92 Å². The molecule has 1 N–H and O–H groups in total. The minimum absolute atomic E-state index is 0.785. The molecule has 90 valence electrons. The molecule has 0 spiro atoms. The van der Waals surface area contributed by atoms with Crippen molar-refractivity contribution in [1.29, 1.82) is 0 Å². The van der Waals surface area contributed by atoms with Crippen LogP contribution in [-0.2, 0) is 0 Å². The molecule has 0 saturated carbocycles. The van der Waals surface area contributed by atoms with Gasteiger partial charge in [0.25, 0.3) is 0 Å². The van der Waals surface area contributed by atoms with Crippen molar-refractivity contribution in [1.82, 2.24) is 0 Å². The number of nitrogens with one attached hydrogen (secondary N) is 1. The van der Waals surface area contributed by atoms with Crippen LogP contribution in [0.25, 0.3) is 0 Å². The van der Waals surface area contributed by atoms with Crippen LogP contribution in [0.15, 0.2) is 77.8 Å². The molecule has 0 aliphatic carbocycles. The molecule has 0 bridgehead atoms. The van der Waals surface area contributed by atoms with Crippen LogP contribution < -0.4 is 5.32 Å². The lowest BCUT2D eigenvalue weighted by atomic mass is 10.2. The lowest BCUT2D eigenvalue weighted by Crippen LogP contribution is -2.12. The zero-order valence-electron chi connectivity index (χ0n) is 10.4. The Hall–Kier alpha value is -2.35.